The van der Waals surface area contributed by atoms with Gasteiger partial charge in [-0.3, -0.25) is 4.98 Å². The van der Waals surface area contributed by atoms with Gasteiger partial charge in [0, 0.05) is 36.7 Å². The molecule has 2 atom stereocenters. The number of fused-ring (bicyclic) bond motifs is 1. The molecule has 0 bridgehead atoms. The zero-order valence-electron chi connectivity index (χ0n) is 20.1. The third-order valence-corrected chi connectivity index (χ3v) is 7.65. The van der Waals surface area contributed by atoms with E-state index >= 15 is 0 Å². The number of pyridine rings is 2. The lowest BCUT2D eigenvalue weighted by atomic mass is 10.0. The minimum atomic E-state index is -4.61. The van der Waals surface area contributed by atoms with Gasteiger partial charge in [-0.05, 0) is 55.9 Å². The molecule has 8 nitrogen and oxygen atoms in total. The van der Waals surface area contributed by atoms with Gasteiger partial charge in [-0.1, -0.05) is 6.07 Å². The Bertz CT molecular complexity index is 1420. The molecule has 0 saturated carbocycles. The SMILES string of the molecule is CC1COCCN1c1cc(-c2cccnc2C(F)(F)F)c2snc(-c3ccnn3C3CCCCO3)c2n1. The van der Waals surface area contributed by atoms with Gasteiger partial charge in [0.25, 0.3) is 0 Å². The zero-order valence-corrected chi connectivity index (χ0v) is 20.9. The number of aromatic nitrogens is 5. The number of hydrogen-bond donors (Lipinski definition) is 0. The zero-order chi connectivity index (χ0) is 25.6. The van der Waals surface area contributed by atoms with Crippen molar-refractivity contribution in [3.63, 3.8) is 0 Å². The molecule has 4 aromatic heterocycles. The number of hydrogen-bond acceptors (Lipinski definition) is 8. The molecule has 0 radical (unpaired) electrons. The van der Waals surface area contributed by atoms with Crippen LogP contribution in [0.1, 0.15) is 38.1 Å². The minimum Gasteiger partial charge on any atom is -0.377 e. The van der Waals surface area contributed by atoms with Crippen molar-refractivity contribution in [1.29, 1.82) is 0 Å². The highest BCUT2D eigenvalue weighted by Crippen LogP contribution is 2.43. The molecule has 2 aliphatic heterocycles. The van der Waals surface area contributed by atoms with Gasteiger partial charge in [0.15, 0.2) is 11.9 Å². The normalized spacial score (nSPS) is 21.0. The Morgan fingerprint density at radius 1 is 1.11 bits per heavy atom. The Kier molecular flexibility index (Phi) is 6.33. The highest BCUT2D eigenvalue weighted by atomic mass is 32.1. The molecule has 6 rings (SSSR count). The first-order chi connectivity index (χ1) is 17.9. The predicted molar refractivity (Wildman–Crippen MR) is 133 cm³/mol. The van der Waals surface area contributed by atoms with Crippen molar-refractivity contribution in [2.75, 3.05) is 31.3 Å². The maximum absolute atomic E-state index is 14.0. The molecule has 4 aromatic rings. The van der Waals surface area contributed by atoms with Gasteiger partial charge in [-0.15, -0.1) is 0 Å². The predicted octanol–water partition coefficient (Wildman–Crippen LogP) is 5.56. The van der Waals surface area contributed by atoms with E-state index in [9.17, 15) is 13.2 Å². The number of nitrogens with zero attached hydrogens (tertiary/aromatic N) is 6. The Morgan fingerprint density at radius 3 is 2.78 bits per heavy atom. The number of anilines is 1. The number of halogens is 3. The quantitative estimate of drug-likeness (QED) is 0.342. The first kappa shape index (κ1) is 24.3. The highest BCUT2D eigenvalue weighted by molar-refractivity contribution is 7.14. The molecule has 2 saturated heterocycles. The molecular weight excluding hydrogens is 505 g/mol. The maximum atomic E-state index is 14.0. The topological polar surface area (TPSA) is 78.2 Å². The summed E-state index contributed by atoms with van der Waals surface area (Å²) in [6.07, 6.45) is 0.898. The molecule has 2 unspecified atom stereocenters. The lowest BCUT2D eigenvalue weighted by molar-refractivity contribution is -0.140. The third kappa shape index (κ3) is 4.47. The van der Waals surface area contributed by atoms with E-state index in [0.29, 0.717) is 53.7 Å². The maximum Gasteiger partial charge on any atom is 0.433 e. The highest BCUT2D eigenvalue weighted by Gasteiger charge is 2.36. The van der Waals surface area contributed by atoms with Crippen LogP contribution in [0.5, 0.6) is 0 Å². The van der Waals surface area contributed by atoms with Crippen molar-refractivity contribution in [2.45, 2.75) is 44.6 Å². The second-order valence-corrected chi connectivity index (χ2v) is 10.0. The van der Waals surface area contributed by atoms with Crippen molar-refractivity contribution in [2.24, 2.45) is 0 Å². The van der Waals surface area contributed by atoms with Crippen molar-refractivity contribution in [3.8, 4) is 22.5 Å². The lowest BCUT2D eigenvalue weighted by Crippen LogP contribution is -2.44. The van der Waals surface area contributed by atoms with Crippen molar-refractivity contribution < 1.29 is 22.6 Å². The first-order valence-corrected chi connectivity index (χ1v) is 13.0. The second-order valence-electron chi connectivity index (χ2n) is 9.23. The van der Waals surface area contributed by atoms with E-state index in [1.807, 2.05) is 17.7 Å². The smallest absolute Gasteiger partial charge is 0.377 e. The van der Waals surface area contributed by atoms with E-state index < -0.39 is 11.9 Å². The Morgan fingerprint density at radius 2 is 2.00 bits per heavy atom. The molecule has 12 heteroatoms. The van der Waals surface area contributed by atoms with Crippen molar-refractivity contribution in [1.82, 2.24) is 24.1 Å². The average Bonchev–Trinajstić information content (AvgIpc) is 3.55. The summed E-state index contributed by atoms with van der Waals surface area (Å²) in [6, 6.07) is 6.56. The molecule has 0 aliphatic carbocycles. The van der Waals surface area contributed by atoms with Crippen LogP contribution in [0.2, 0.25) is 0 Å². The summed E-state index contributed by atoms with van der Waals surface area (Å²) in [6.45, 7) is 4.28. The van der Waals surface area contributed by atoms with Crippen molar-refractivity contribution >= 4 is 27.6 Å². The van der Waals surface area contributed by atoms with Gasteiger partial charge in [0.05, 0.1) is 29.6 Å². The fourth-order valence-electron chi connectivity index (χ4n) is 4.99. The monoisotopic (exact) mass is 530 g/mol. The summed E-state index contributed by atoms with van der Waals surface area (Å²) in [7, 11) is 0. The van der Waals surface area contributed by atoms with E-state index in [1.54, 1.807) is 12.3 Å². The standard InChI is InChI=1S/C25H25F3N6O2S/c1-15-14-35-12-10-33(15)19-13-17(16-5-4-8-29-24(16)25(26,27)28)23-22(31-19)21(32-37-23)18-7-9-30-34(18)20-6-2-3-11-36-20/h4-5,7-9,13,15,20H,2-3,6,10-12,14H2,1H3. The van der Waals surface area contributed by atoms with Gasteiger partial charge in [-0.2, -0.15) is 22.6 Å². The first-order valence-electron chi connectivity index (χ1n) is 12.2. The number of morpholine rings is 1. The van der Waals surface area contributed by atoms with Crippen LogP contribution >= 0.6 is 11.5 Å². The number of rotatable bonds is 4. The van der Waals surface area contributed by atoms with Gasteiger partial charge in [0.1, 0.15) is 17.0 Å². The molecule has 0 spiro atoms. The van der Waals surface area contributed by atoms with Crippen LogP contribution in [0.3, 0.4) is 0 Å². The van der Waals surface area contributed by atoms with Gasteiger partial charge in [0.2, 0.25) is 0 Å². The summed E-state index contributed by atoms with van der Waals surface area (Å²) >= 11 is 1.13. The molecular formula is C25H25F3N6O2S. The summed E-state index contributed by atoms with van der Waals surface area (Å²) in [5, 5.41) is 4.50. The van der Waals surface area contributed by atoms with E-state index in [-0.39, 0.29) is 17.8 Å². The van der Waals surface area contributed by atoms with Crippen LogP contribution < -0.4 is 4.90 Å². The van der Waals surface area contributed by atoms with E-state index in [0.717, 1.165) is 42.7 Å². The molecule has 0 aromatic carbocycles. The largest absolute Gasteiger partial charge is 0.433 e. The van der Waals surface area contributed by atoms with Crippen LogP contribution in [-0.4, -0.2) is 56.5 Å². The second kappa shape index (κ2) is 9.66. The van der Waals surface area contributed by atoms with Crippen LogP contribution in [0.25, 0.3) is 32.7 Å². The molecule has 6 heterocycles. The van der Waals surface area contributed by atoms with E-state index in [1.165, 1.54) is 12.1 Å². The third-order valence-electron chi connectivity index (χ3n) is 6.78. The summed E-state index contributed by atoms with van der Waals surface area (Å²) in [5.41, 5.74) is 1.32. The Labute approximate surface area is 215 Å². The van der Waals surface area contributed by atoms with E-state index in [2.05, 4.69) is 15.0 Å². The molecule has 2 aliphatic rings. The fraction of sp³-hybridized carbons (Fsp3) is 0.440. The van der Waals surface area contributed by atoms with Crippen LogP contribution in [0.4, 0.5) is 19.0 Å². The molecule has 37 heavy (non-hydrogen) atoms. The lowest BCUT2D eigenvalue weighted by Gasteiger charge is -2.34. The van der Waals surface area contributed by atoms with Crippen LogP contribution in [-0.2, 0) is 15.7 Å². The summed E-state index contributed by atoms with van der Waals surface area (Å²) in [4.78, 5) is 10.7. The molecule has 0 amide bonds. The van der Waals surface area contributed by atoms with Gasteiger partial charge < -0.3 is 14.4 Å². The number of alkyl halides is 3. The fourth-order valence-corrected chi connectivity index (χ4v) is 5.84. The van der Waals surface area contributed by atoms with Gasteiger partial charge >= 0.3 is 6.18 Å². The number of ether oxygens (including phenoxy) is 2. The Hall–Kier alpha value is -3.09. The molecule has 2 fully saturated rings. The van der Waals surface area contributed by atoms with Crippen LogP contribution in [0, 0.1) is 0 Å². The molecule has 0 N–H and O–H groups in total. The Balaban J connectivity index is 1.57. The summed E-state index contributed by atoms with van der Waals surface area (Å²) < 4.78 is 60.6. The van der Waals surface area contributed by atoms with Crippen LogP contribution in [0.15, 0.2) is 36.7 Å². The van der Waals surface area contributed by atoms with Gasteiger partial charge in [-0.25, -0.2) is 9.67 Å². The molecule has 194 valence electrons. The average molecular weight is 531 g/mol. The van der Waals surface area contributed by atoms with E-state index in [4.69, 9.17) is 18.8 Å². The minimum absolute atomic E-state index is 0.00360. The van der Waals surface area contributed by atoms with Crippen molar-refractivity contribution in [3.05, 3.63) is 42.4 Å². The summed E-state index contributed by atoms with van der Waals surface area (Å²) in [5.74, 6) is 0.580.